The Kier molecular flexibility index (Phi) is 7.67. The van der Waals surface area contributed by atoms with Gasteiger partial charge < -0.3 is 10.2 Å². The summed E-state index contributed by atoms with van der Waals surface area (Å²) in [4.78, 5) is 14.1. The summed E-state index contributed by atoms with van der Waals surface area (Å²) >= 11 is 0. The number of carbonyl (C=O) groups excluding carboxylic acids is 1. The van der Waals surface area contributed by atoms with E-state index in [-0.39, 0.29) is 16.8 Å². The summed E-state index contributed by atoms with van der Waals surface area (Å²) in [5.41, 5.74) is 0.455. The molecule has 0 heterocycles. The minimum Gasteiger partial charge on any atom is -0.350 e. The van der Waals surface area contributed by atoms with Crippen molar-refractivity contribution in [3.8, 4) is 0 Å². The molecule has 2 N–H and O–H groups in total. The van der Waals surface area contributed by atoms with Gasteiger partial charge in [0.1, 0.15) is 0 Å². The molecule has 1 rings (SSSR count). The van der Waals surface area contributed by atoms with Crippen molar-refractivity contribution in [2.75, 3.05) is 27.2 Å². The van der Waals surface area contributed by atoms with E-state index in [1.807, 2.05) is 32.8 Å². The van der Waals surface area contributed by atoms with Crippen LogP contribution in [0.5, 0.6) is 0 Å². The molecule has 130 valence electrons. The third-order valence-corrected chi connectivity index (χ3v) is 4.97. The van der Waals surface area contributed by atoms with E-state index in [1.54, 1.807) is 0 Å². The Labute approximate surface area is 139 Å². The lowest BCUT2D eigenvalue weighted by molar-refractivity contribution is 0.0939. The lowest BCUT2D eigenvalue weighted by Crippen LogP contribution is -2.32. The molecule has 0 aliphatic rings. The second-order valence-corrected chi connectivity index (χ2v) is 7.63. The molecule has 0 radical (unpaired) electrons. The molecule has 0 bridgehead atoms. The Morgan fingerprint density at radius 2 is 1.83 bits per heavy atom. The van der Waals surface area contributed by atoms with Crippen molar-refractivity contribution in [3.05, 3.63) is 29.8 Å². The highest BCUT2D eigenvalue weighted by Crippen LogP contribution is 2.11. The number of nitrogens with zero attached hydrogens (tertiary/aromatic N) is 1. The average Bonchev–Trinajstić information content (AvgIpc) is 2.51. The Hall–Kier alpha value is -1.44. The number of nitrogens with one attached hydrogen (secondary N) is 2. The smallest absolute Gasteiger partial charge is 0.251 e. The van der Waals surface area contributed by atoms with Gasteiger partial charge in [-0.2, -0.15) is 0 Å². The summed E-state index contributed by atoms with van der Waals surface area (Å²) in [5, 5.41) is 2.85. The summed E-state index contributed by atoms with van der Waals surface area (Å²) in [7, 11) is 0.356. The van der Waals surface area contributed by atoms with Crippen LogP contribution in [0.1, 0.15) is 37.0 Å². The monoisotopic (exact) mass is 341 g/mol. The number of sulfonamides is 1. The normalized spacial score (nSPS) is 13.1. The van der Waals surface area contributed by atoms with Crippen molar-refractivity contribution >= 4 is 15.9 Å². The highest BCUT2D eigenvalue weighted by Gasteiger charge is 2.15. The van der Waals surface area contributed by atoms with Gasteiger partial charge in [-0.15, -0.1) is 0 Å². The largest absolute Gasteiger partial charge is 0.350 e. The maximum Gasteiger partial charge on any atom is 0.251 e. The predicted octanol–water partition coefficient (Wildman–Crippen LogP) is 1.44. The molecule has 1 unspecified atom stereocenters. The van der Waals surface area contributed by atoms with Crippen LogP contribution in [0.4, 0.5) is 0 Å². The highest BCUT2D eigenvalue weighted by molar-refractivity contribution is 7.89. The van der Waals surface area contributed by atoms with Crippen molar-refractivity contribution < 1.29 is 13.2 Å². The van der Waals surface area contributed by atoms with Gasteiger partial charge in [-0.05, 0) is 64.7 Å². The number of rotatable bonds is 9. The zero-order chi connectivity index (χ0) is 17.5. The molecule has 1 aromatic rings. The van der Waals surface area contributed by atoms with Crippen LogP contribution >= 0.6 is 0 Å². The third-order valence-electron chi connectivity index (χ3n) is 3.49. The third kappa shape index (κ3) is 6.68. The molecule has 0 aliphatic carbocycles. The molecule has 0 aromatic heterocycles. The van der Waals surface area contributed by atoms with Crippen molar-refractivity contribution in [1.82, 2.24) is 14.9 Å². The van der Waals surface area contributed by atoms with Gasteiger partial charge in [0, 0.05) is 18.2 Å². The standard InChI is InChI=1S/C16H27N3O3S/c1-5-13(2)18-16(20)14-7-9-15(10-8-14)23(21,22)17-11-6-12-19(3)4/h7-10,13,17H,5-6,11-12H2,1-4H3,(H,18,20). The lowest BCUT2D eigenvalue weighted by Gasteiger charge is -2.12. The fourth-order valence-electron chi connectivity index (χ4n) is 1.88. The molecule has 6 nitrogen and oxygen atoms in total. The van der Waals surface area contributed by atoms with Crippen LogP contribution in [-0.4, -0.2) is 52.5 Å². The fourth-order valence-corrected chi connectivity index (χ4v) is 2.95. The first kappa shape index (κ1) is 19.6. The van der Waals surface area contributed by atoms with Crippen LogP contribution in [-0.2, 0) is 10.0 Å². The maximum absolute atomic E-state index is 12.2. The van der Waals surface area contributed by atoms with Crippen LogP contribution in [0, 0.1) is 0 Å². The van der Waals surface area contributed by atoms with E-state index in [9.17, 15) is 13.2 Å². The summed E-state index contributed by atoms with van der Waals surface area (Å²) < 4.78 is 26.9. The molecular formula is C16H27N3O3S. The van der Waals surface area contributed by atoms with Crippen molar-refractivity contribution in [1.29, 1.82) is 0 Å². The molecular weight excluding hydrogens is 314 g/mol. The van der Waals surface area contributed by atoms with Gasteiger partial charge in [0.25, 0.3) is 5.91 Å². The van der Waals surface area contributed by atoms with Crippen LogP contribution < -0.4 is 10.0 Å². The molecule has 0 saturated heterocycles. The SMILES string of the molecule is CCC(C)NC(=O)c1ccc(S(=O)(=O)NCCCN(C)C)cc1. The summed E-state index contributed by atoms with van der Waals surface area (Å²) in [6.45, 7) is 5.12. The van der Waals surface area contributed by atoms with Crippen molar-refractivity contribution in [2.45, 2.75) is 37.6 Å². The molecule has 0 fully saturated rings. The first-order valence-electron chi connectivity index (χ1n) is 7.81. The summed E-state index contributed by atoms with van der Waals surface area (Å²) in [5.74, 6) is -0.192. The second kappa shape index (κ2) is 9.00. The molecule has 7 heteroatoms. The molecule has 1 amide bonds. The predicted molar refractivity (Wildman–Crippen MR) is 92.0 cm³/mol. The zero-order valence-electron chi connectivity index (χ0n) is 14.3. The number of hydrogen-bond donors (Lipinski definition) is 2. The topological polar surface area (TPSA) is 78.5 Å². The van der Waals surface area contributed by atoms with E-state index in [0.717, 1.165) is 19.4 Å². The number of benzene rings is 1. The highest BCUT2D eigenvalue weighted by atomic mass is 32.2. The fraction of sp³-hybridized carbons (Fsp3) is 0.562. The van der Waals surface area contributed by atoms with Gasteiger partial charge in [-0.25, -0.2) is 13.1 Å². The number of amides is 1. The van der Waals surface area contributed by atoms with Crippen molar-refractivity contribution in [3.63, 3.8) is 0 Å². The van der Waals surface area contributed by atoms with E-state index in [2.05, 4.69) is 10.0 Å². The minimum atomic E-state index is -3.53. The van der Waals surface area contributed by atoms with Crippen molar-refractivity contribution in [2.24, 2.45) is 0 Å². The van der Waals surface area contributed by atoms with Gasteiger partial charge in [-0.1, -0.05) is 6.92 Å². The van der Waals surface area contributed by atoms with E-state index in [0.29, 0.717) is 12.1 Å². The van der Waals surface area contributed by atoms with Crippen LogP contribution in [0.15, 0.2) is 29.2 Å². The Balaban J connectivity index is 2.66. The van der Waals surface area contributed by atoms with E-state index < -0.39 is 10.0 Å². The Morgan fingerprint density at radius 1 is 1.22 bits per heavy atom. The van der Waals surface area contributed by atoms with Crippen LogP contribution in [0.2, 0.25) is 0 Å². The molecule has 0 saturated carbocycles. The summed E-state index contributed by atoms with van der Waals surface area (Å²) in [6, 6.07) is 6.07. The molecule has 23 heavy (non-hydrogen) atoms. The average molecular weight is 341 g/mol. The first-order valence-corrected chi connectivity index (χ1v) is 9.30. The van der Waals surface area contributed by atoms with Gasteiger partial charge in [0.2, 0.25) is 10.0 Å². The Bertz CT molecular complexity index is 598. The first-order chi connectivity index (χ1) is 10.8. The van der Waals surface area contributed by atoms with Gasteiger partial charge >= 0.3 is 0 Å². The second-order valence-electron chi connectivity index (χ2n) is 5.86. The van der Waals surface area contributed by atoms with E-state index in [4.69, 9.17) is 0 Å². The van der Waals surface area contributed by atoms with E-state index in [1.165, 1.54) is 24.3 Å². The maximum atomic E-state index is 12.2. The number of carbonyl (C=O) groups is 1. The minimum absolute atomic E-state index is 0.0873. The Morgan fingerprint density at radius 3 is 2.35 bits per heavy atom. The molecule has 1 aromatic carbocycles. The van der Waals surface area contributed by atoms with Gasteiger partial charge in [0.15, 0.2) is 0 Å². The molecule has 0 spiro atoms. The molecule has 0 aliphatic heterocycles. The van der Waals surface area contributed by atoms with Crippen LogP contribution in [0.25, 0.3) is 0 Å². The zero-order valence-corrected chi connectivity index (χ0v) is 15.1. The lowest BCUT2D eigenvalue weighted by atomic mass is 10.2. The quantitative estimate of drug-likeness (QED) is 0.666. The van der Waals surface area contributed by atoms with Crippen LogP contribution in [0.3, 0.4) is 0 Å². The van der Waals surface area contributed by atoms with E-state index >= 15 is 0 Å². The number of hydrogen-bond acceptors (Lipinski definition) is 4. The van der Waals surface area contributed by atoms with Gasteiger partial charge in [-0.3, -0.25) is 4.79 Å². The van der Waals surface area contributed by atoms with Gasteiger partial charge in [0.05, 0.1) is 4.90 Å². The summed E-state index contributed by atoms with van der Waals surface area (Å²) in [6.07, 6.45) is 1.58. The molecule has 1 atom stereocenters.